The summed E-state index contributed by atoms with van der Waals surface area (Å²) in [5, 5.41) is 11.7. The molecule has 0 aliphatic heterocycles. The smallest absolute Gasteiger partial charge is 0.0679 e. The number of hydrogen-bond donors (Lipinski definition) is 2. The Morgan fingerprint density at radius 3 is 2.86 bits per heavy atom. The minimum absolute atomic E-state index is 0.216. The third-order valence-electron chi connectivity index (χ3n) is 3.86. The van der Waals surface area contributed by atoms with Gasteiger partial charge in [-0.15, -0.1) is 0 Å². The zero-order valence-corrected chi connectivity index (χ0v) is 12.6. The van der Waals surface area contributed by atoms with Gasteiger partial charge in [0.15, 0.2) is 0 Å². The van der Waals surface area contributed by atoms with E-state index in [-0.39, 0.29) is 6.04 Å². The summed E-state index contributed by atoms with van der Waals surface area (Å²) in [6.07, 6.45) is 2.79. The number of H-pyrrole nitrogens is 1. The van der Waals surface area contributed by atoms with Crippen LogP contribution in [0.1, 0.15) is 28.6 Å². The van der Waals surface area contributed by atoms with Crippen molar-refractivity contribution < 1.29 is 0 Å². The molecule has 0 spiro atoms. The maximum atomic E-state index is 4.63. The van der Waals surface area contributed by atoms with Crippen molar-refractivity contribution in [3.63, 3.8) is 0 Å². The van der Waals surface area contributed by atoms with Crippen LogP contribution in [0.3, 0.4) is 0 Å². The molecule has 0 amide bonds. The lowest BCUT2D eigenvalue weighted by Crippen LogP contribution is -2.20. The van der Waals surface area contributed by atoms with Crippen LogP contribution in [0, 0.1) is 13.8 Å². The highest BCUT2D eigenvalue weighted by molar-refractivity contribution is 5.81. The molecular formula is C17H20N4. The van der Waals surface area contributed by atoms with E-state index < -0.39 is 0 Å². The molecule has 0 bridgehead atoms. The first-order chi connectivity index (χ1) is 10.2. The van der Waals surface area contributed by atoms with Gasteiger partial charge in [0.2, 0.25) is 0 Å². The van der Waals surface area contributed by atoms with Gasteiger partial charge in [-0.2, -0.15) is 5.10 Å². The summed E-state index contributed by atoms with van der Waals surface area (Å²) in [5.74, 6) is 0. The molecule has 0 saturated carbocycles. The molecule has 3 aromatic rings. The van der Waals surface area contributed by atoms with E-state index in [0.29, 0.717) is 0 Å². The molecule has 108 valence electrons. The molecule has 2 N–H and O–H groups in total. The molecule has 1 atom stereocenters. The van der Waals surface area contributed by atoms with Crippen molar-refractivity contribution in [3.05, 3.63) is 59.0 Å². The molecule has 4 heteroatoms. The van der Waals surface area contributed by atoms with Crippen LogP contribution < -0.4 is 5.32 Å². The Morgan fingerprint density at radius 1 is 1.24 bits per heavy atom. The molecule has 2 aromatic heterocycles. The average molecular weight is 280 g/mol. The lowest BCUT2D eigenvalue weighted by Gasteiger charge is -2.16. The Morgan fingerprint density at radius 2 is 2.10 bits per heavy atom. The van der Waals surface area contributed by atoms with E-state index in [0.717, 1.165) is 28.7 Å². The summed E-state index contributed by atoms with van der Waals surface area (Å²) >= 11 is 0. The number of pyridine rings is 1. The first-order valence-corrected chi connectivity index (χ1v) is 7.21. The lowest BCUT2D eigenvalue weighted by atomic mass is 9.99. The molecule has 3 rings (SSSR count). The number of benzene rings is 1. The molecule has 0 aliphatic carbocycles. The molecule has 1 unspecified atom stereocenters. The number of hydrogen-bond acceptors (Lipinski definition) is 3. The number of rotatable bonds is 4. The van der Waals surface area contributed by atoms with E-state index >= 15 is 0 Å². The second kappa shape index (κ2) is 5.66. The minimum atomic E-state index is 0.216. The molecule has 0 radical (unpaired) electrons. The zero-order valence-electron chi connectivity index (χ0n) is 12.6. The number of likely N-dealkylation sites (N-methyl/N-ethyl adjacent to an activating group) is 1. The molecular weight excluding hydrogens is 260 g/mol. The van der Waals surface area contributed by atoms with E-state index in [2.05, 4.69) is 51.7 Å². The molecule has 0 aliphatic rings. The monoisotopic (exact) mass is 280 g/mol. The summed E-state index contributed by atoms with van der Waals surface area (Å²) in [7, 11) is 1.98. The van der Waals surface area contributed by atoms with Crippen LogP contribution in [0.2, 0.25) is 0 Å². The number of fused-ring (bicyclic) bond motifs is 1. The fourth-order valence-electron chi connectivity index (χ4n) is 2.78. The standard InChI is InChI=1S/C17H20N4/c1-11-7-13(8-14-10-19-21-17(11)14)9-16(18-3)15-6-4-5-12(2)20-15/h4-8,10,16,18H,9H2,1-3H3,(H,19,21). The quantitative estimate of drug-likeness (QED) is 0.772. The first-order valence-electron chi connectivity index (χ1n) is 7.21. The Kier molecular flexibility index (Phi) is 3.71. The summed E-state index contributed by atoms with van der Waals surface area (Å²) in [5.41, 5.74) is 5.78. The fourth-order valence-corrected chi connectivity index (χ4v) is 2.78. The molecule has 4 nitrogen and oxygen atoms in total. The second-order valence-corrected chi connectivity index (χ2v) is 5.50. The number of aromatic nitrogens is 3. The van der Waals surface area contributed by atoms with Gasteiger partial charge in [-0.3, -0.25) is 10.1 Å². The van der Waals surface area contributed by atoms with Crippen molar-refractivity contribution in [1.82, 2.24) is 20.5 Å². The van der Waals surface area contributed by atoms with Crippen molar-refractivity contribution in [2.45, 2.75) is 26.3 Å². The van der Waals surface area contributed by atoms with Gasteiger partial charge in [-0.25, -0.2) is 0 Å². The number of nitrogens with one attached hydrogen (secondary N) is 2. The largest absolute Gasteiger partial charge is 0.311 e. The highest BCUT2D eigenvalue weighted by Gasteiger charge is 2.13. The van der Waals surface area contributed by atoms with Gasteiger partial charge in [0.1, 0.15) is 0 Å². The van der Waals surface area contributed by atoms with Crippen LogP contribution in [0.25, 0.3) is 10.9 Å². The third kappa shape index (κ3) is 2.81. The van der Waals surface area contributed by atoms with E-state index in [9.17, 15) is 0 Å². The minimum Gasteiger partial charge on any atom is -0.311 e. The molecule has 1 aromatic carbocycles. The summed E-state index contributed by atoms with van der Waals surface area (Å²) in [6.45, 7) is 4.14. The van der Waals surface area contributed by atoms with E-state index in [1.165, 1.54) is 11.1 Å². The highest BCUT2D eigenvalue weighted by atomic mass is 15.1. The van der Waals surface area contributed by atoms with Gasteiger partial charge in [-0.1, -0.05) is 12.1 Å². The Hall–Kier alpha value is -2.20. The number of nitrogens with zero attached hydrogens (tertiary/aromatic N) is 2. The predicted molar refractivity (Wildman–Crippen MR) is 85.3 cm³/mol. The van der Waals surface area contributed by atoms with Crippen molar-refractivity contribution in [1.29, 1.82) is 0 Å². The van der Waals surface area contributed by atoms with Gasteiger partial charge in [-0.05, 0) is 56.6 Å². The van der Waals surface area contributed by atoms with Gasteiger partial charge in [0.25, 0.3) is 0 Å². The van der Waals surface area contributed by atoms with Crippen molar-refractivity contribution >= 4 is 10.9 Å². The normalized spacial score (nSPS) is 12.7. The van der Waals surface area contributed by atoms with Crippen molar-refractivity contribution in [2.75, 3.05) is 7.05 Å². The molecule has 0 saturated heterocycles. The molecule has 0 fully saturated rings. The summed E-state index contributed by atoms with van der Waals surface area (Å²) in [6, 6.07) is 10.8. The topological polar surface area (TPSA) is 53.6 Å². The van der Waals surface area contributed by atoms with E-state index in [4.69, 9.17) is 0 Å². The van der Waals surface area contributed by atoms with E-state index in [1.54, 1.807) is 0 Å². The maximum absolute atomic E-state index is 4.63. The second-order valence-electron chi connectivity index (χ2n) is 5.50. The molecule has 21 heavy (non-hydrogen) atoms. The summed E-state index contributed by atoms with van der Waals surface area (Å²) in [4.78, 5) is 4.63. The van der Waals surface area contributed by atoms with Crippen molar-refractivity contribution in [3.8, 4) is 0 Å². The van der Waals surface area contributed by atoms with Gasteiger partial charge < -0.3 is 5.32 Å². The highest BCUT2D eigenvalue weighted by Crippen LogP contribution is 2.22. The van der Waals surface area contributed by atoms with Gasteiger partial charge in [0, 0.05) is 11.1 Å². The Balaban J connectivity index is 1.92. The SMILES string of the molecule is CNC(Cc1cc(C)c2[nH]ncc2c1)c1cccc(C)n1. The lowest BCUT2D eigenvalue weighted by molar-refractivity contribution is 0.574. The maximum Gasteiger partial charge on any atom is 0.0679 e. The van der Waals surface area contributed by atoms with Crippen LogP contribution in [-0.4, -0.2) is 22.2 Å². The van der Waals surface area contributed by atoms with Crippen LogP contribution in [0.4, 0.5) is 0 Å². The van der Waals surface area contributed by atoms with Crippen LogP contribution in [-0.2, 0) is 6.42 Å². The average Bonchev–Trinajstić information content (AvgIpc) is 2.93. The zero-order chi connectivity index (χ0) is 14.8. The Bertz CT molecular complexity index is 760. The van der Waals surface area contributed by atoms with E-state index in [1.807, 2.05) is 26.2 Å². The third-order valence-corrected chi connectivity index (χ3v) is 3.86. The van der Waals surface area contributed by atoms with Gasteiger partial charge >= 0.3 is 0 Å². The van der Waals surface area contributed by atoms with Crippen LogP contribution >= 0.6 is 0 Å². The van der Waals surface area contributed by atoms with Crippen LogP contribution in [0.15, 0.2) is 36.5 Å². The fraction of sp³-hybridized carbons (Fsp3) is 0.294. The first kappa shape index (κ1) is 13.8. The van der Waals surface area contributed by atoms with Crippen molar-refractivity contribution in [2.24, 2.45) is 0 Å². The number of aromatic amines is 1. The Labute approximate surface area is 124 Å². The molecule has 2 heterocycles. The number of aryl methyl sites for hydroxylation is 2. The predicted octanol–water partition coefficient (Wildman–Crippen LogP) is 3.08. The summed E-state index contributed by atoms with van der Waals surface area (Å²) < 4.78 is 0. The van der Waals surface area contributed by atoms with Crippen LogP contribution in [0.5, 0.6) is 0 Å². The van der Waals surface area contributed by atoms with Gasteiger partial charge in [0.05, 0.1) is 23.4 Å².